The Hall–Kier alpha value is -9.00. The maximum Gasteiger partial charge on any atom is 0.264 e. The molecule has 6 nitrogen and oxygen atoms in total. The van der Waals surface area contributed by atoms with Crippen LogP contribution in [0.3, 0.4) is 0 Å². The molecule has 0 N–H and O–H groups in total. The Labute approximate surface area is 377 Å². The predicted molar refractivity (Wildman–Crippen MR) is 273 cm³/mol. The van der Waals surface area contributed by atoms with Crippen LogP contribution < -0.4 is 16.3 Å². The highest BCUT2D eigenvalue weighted by molar-refractivity contribution is 6.18. The summed E-state index contributed by atoms with van der Waals surface area (Å²) in [4.78, 5) is 40.6. The van der Waals surface area contributed by atoms with Gasteiger partial charge in [-0.2, -0.15) is 0 Å². The zero-order chi connectivity index (χ0) is 44.0. The monoisotopic (exact) mass is 844 g/mol. The van der Waals surface area contributed by atoms with Crippen LogP contribution in [0.25, 0.3) is 129 Å². The molecule has 6 heteroatoms. The maximum absolute atomic E-state index is 15.2. The lowest BCUT2D eigenvalue weighted by Crippen LogP contribution is -2.19. The normalized spacial score (nSPS) is 12.1. The predicted octanol–water partition coefficient (Wildman–Crippen LogP) is 12.9. The molecule has 13 rings (SSSR count). The minimum absolute atomic E-state index is 0.132. The van der Waals surface area contributed by atoms with E-state index in [-0.39, 0.29) is 11.1 Å². The number of fused-ring (bicyclic) bond motifs is 9. The highest BCUT2D eigenvalue weighted by atomic mass is 16.1. The summed E-state index contributed by atoms with van der Waals surface area (Å²) in [6.45, 7) is 4.42. The van der Waals surface area contributed by atoms with Crippen LogP contribution in [0.2, 0.25) is 0 Å². The first-order valence-electron chi connectivity index (χ1n) is 22.0. The fourth-order valence-electron chi connectivity index (χ4n) is 10.1. The topological polar surface area (TPSA) is 68.7 Å². The number of hydrogen-bond acceptors (Lipinski definition) is 4. The Morgan fingerprint density at radius 1 is 0.394 bits per heavy atom. The van der Waals surface area contributed by atoms with E-state index in [0.717, 1.165) is 104 Å². The smallest absolute Gasteiger partial charge is 0.264 e. The van der Waals surface area contributed by atoms with E-state index in [2.05, 4.69) is 91.5 Å². The van der Waals surface area contributed by atoms with Gasteiger partial charge in [-0.15, -0.1) is 0 Å². The highest BCUT2D eigenvalue weighted by Crippen LogP contribution is 2.39. The Kier molecular flexibility index (Phi) is 8.26. The molecule has 0 aliphatic heterocycles. The number of benzene rings is 9. The third-order valence-corrected chi connectivity index (χ3v) is 13.2. The van der Waals surface area contributed by atoms with Gasteiger partial charge >= 0.3 is 0 Å². The van der Waals surface area contributed by atoms with E-state index in [1.807, 2.05) is 121 Å². The van der Waals surface area contributed by atoms with Gasteiger partial charge in [-0.05, 0) is 92.0 Å². The maximum atomic E-state index is 15.2. The van der Waals surface area contributed by atoms with Crippen molar-refractivity contribution in [3.63, 3.8) is 0 Å². The van der Waals surface area contributed by atoms with Gasteiger partial charge in [0.2, 0.25) is 0 Å². The van der Waals surface area contributed by atoms with Crippen molar-refractivity contribution >= 4 is 84.4 Å². The molecular formula is C60H36N4O2. The van der Waals surface area contributed by atoms with Gasteiger partial charge in [-0.3, -0.25) is 18.4 Å². The van der Waals surface area contributed by atoms with Crippen molar-refractivity contribution in [2.45, 2.75) is 0 Å². The van der Waals surface area contributed by atoms with Crippen LogP contribution in [0.4, 0.5) is 0 Å². The molecule has 0 aliphatic carbocycles. The molecule has 0 bridgehead atoms. The molecule has 66 heavy (non-hydrogen) atoms. The van der Waals surface area contributed by atoms with E-state index in [1.54, 1.807) is 8.80 Å². The lowest BCUT2D eigenvalue weighted by Gasteiger charge is -2.11. The van der Waals surface area contributed by atoms with E-state index in [4.69, 9.17) is 9.97 Å². The molecule has 9 aromatic carbocycles. The molecule has 4 heterocycles. The van der Waals surface area contributed by atoms with E-state index < -0.39 is 0 Å². The number of pyridine rings is 2. The van der Waals surface area contributed by atoms with Crippen LogP contribution in [-0.2, 0) is 0 Å². The lowest BCUT2D eigenvalue weighted by molar-refractivity contribution is 1.16. The van der Waals surface area contributed by atoms with Crippen LogP contribution in [0.1, 0.15) is 11.1 Å². The zero-order valence-corrected chi connectivity index (χ0v) is 35.4. The molecule has 0 spiro atoms. The summed E-state index contributed by atoms with van der Waals surface area (Å²) in [6, 6.07) is 65.4. The number of rotatable bonds is 6. The number of imidazole rings is 2. The van der Waals surface area contributed by atoms with E-state index in [9.17, 15) is 4.79 Å². The summed E-state index contributed by atoms with van der Waals surface area (Å²) in [5, 5.41) is 5.52. The molecule has 0 fully saturated rings. The second-order valence-electron chi connectivity index (χ2n) is 16.9. The van der Waals surface area contributed by atoms with E-state index in [0.29, 0.717) is 22.2 Å². The van der Waals surface area contributed by atoms with Crippen LogP contribution in [0.15, 0.2) is 204 Å². The van der Waals surface area contributed by atoms with Gasteiger partial charge < -0.3 is 0 Å². The highest BCUT2D eigenvalue weighted by Gasteiger charge is 2.22. The van der Waals surface area contributed by atoms with Crippen molar-refractivity contribution in [3.05, 3.63) is 231 Å². The average Bonchev–Trinajstić information content (AvgIpc) is 3.97. The second-order valence-corrected chi connectivity index (χ2v) is 16.9. The SMILES string of the molecule is C=c1cccc2c1c(/C=C\c1ccc3c4c1cccc4c(=O)n1c4cc(-c5ccccc5)cc(-c5ccccc5)c4nc31)c(=O)n1c3cc(-c4ccccc4)cc(-c4ccccc4)c3nc21. The first-order chi connectivity index (χ1) is 32.5. The number of nitrogens with zero attached hydrogens (tertiary/aromatic N) is 4. The van der Waals surface area contributed by atoms with Crippen LogP contribution >= 0.6 is 0 Å². The summed E-state index contributed by atoms with van der Waals surface area (Å²) in [5.41, 5.74) is 13.3. The molecule has 0 radical (unpaired) electrons. The Morgan fingerprint density at radius 3 is 1.42 bits per heavy atom. The summed E-state index contributed by atoms with van der Waals surface area (Å²) in [7, 11) is 0. The minimum atomic E-state index is -0.188. The molecule has 13 aromatic rings. The first-order valence-corrected chi connectivity index (χ1v) is 22.0. The Balaban J connectivity index is 1.04. The quantitative estimate of drug-likeness (QED) is 0.167. The standard InChI is InChI=1S/C60H36N4O2/c1-36-16-14-26-45-53(36)48(60(66)63-51-34-42(37-17-6-2-7-18-37)32-49(55(51)61-57(45)63)39-21-10-4-11-22-39)31-29-41-28-30-46-54-44(41)25-15-27-47(54)59(65)64-52-35-43(38-19-8-3-9-20-38)33-50(56(52)62-58(46)64)40-23-12-5-13-24-40/h2-35H,1H2/b31-29-. The lowest BCUT2D eigenvalue weighted by atomic mass is 9.96. The summed E-state index contributed by atoms with van der Waals surface area (Å²) in [5.74, 6) is 0. The van der Waals surface area contributed by atoms with Crippen LogP contribution in [0.5, 0.6) is 0 Å². The first kappa shape index (κ1) is 37.5. The minimum Gasteiger partial charge on any atom is -0.268 e. The molecule has 0 saturated heterocycles. The van der Waals surface area contributed by atoms with Crippen molar-refractivity contribution in [2.24, 2.45) is 0 Å². The molecule has 0 aliphatic rings. The summed E-state index contributed by atoms with van der Waals surface area (Å²) < 4.78 is 3.55. The van der Waals surface area contributed by atoms with Crippen molar-refractivity contribution in [2.75, 3.05) is 0 Å². The van der Waals surface area contributed by atoms with Crippen LogP contribution in [0, 0.1) is 0 Å². The molecule has 4 aromatic heterocycles. The van der Waals surface area contributed by atoms with Gasteiger partial charge in [0.1, 0.15) is 11.3 Å². The van der Waals surface area contributed by atoms with Gasteiger partial charge in [-0.25, -0.2) is 9.97 Å². The molecule has 0 atom stereocenters. The van der Waals surface area contributed by atoms with Crippen molar-refractivity contribution in [1.82, 2.24) is 18.8 Å². The fraction of sp³-hybridized carbons (Fsp3) is 0. The van der Waals surface area contributed by atoms with E-state index >= 15 is 4.79 Å². The van der Waals surface area contributed by atoms with Gasteiger partial charge in [0.05, 0.1) is 22.1 Å². The molecule has 0 unspecified atom stereocenters. The van der Waals surface area contributed by atoms with Gasteiger partial charge in [-0.1, -0.05) is 170 Å². The van der Waals surface area contributed by atoms with Crippen molar-refractivity contribution in [1.29, 1.82) is 0 Å². The zero-order valence-electron chi connectivity index (χ0n) is 35.4. The third kappa shape index (κ3) is 5.62. The van der Waals surface area contributed by atoms with Crippen molar-refractivity contribution < 1.29 is 0 Å². The fourth-order valence-corrected chi connectivity index (χ4v) is 10.1. The van der Waals surface area contributed by atoms with Gasteiger partial charge in [0.15, 0.2) is 0 Å². The van der Waals surface area contributed by atoms with Crippen LogP contribution in [-0.4, -0.2) is 18.8 Å². The molecule has 308 valence electrons. The summed E-state index contributed by atoms with van der Waals surface area (Å²) in [6.07, 6.45) is 3.90. The molecule has 0 saturated carbocycles. The molecule has 0 amide bonds. The Bertz CT molecular complexity index is 4320. The second kappa shape index (κ2) is 14.5. The van der Waals surface area contributed by atoms with Crippen molar-refractivity contribution in [3.8, 4) is 44.5 Å². The third-order valence-electron chi connectivity index (χ3n) is 13.2. The van der Waals surface area contributed by atoms with Gasteiger partial charge in [0, 0.05) is 43.6 Å². The largest absolute Gasteiger partial charge is 0.268 e. The number of hydrogen-bond donors (Lipinski definition) is 0. The van der Waals surface area contributed by atoms with Gasteiger partial charge in [0.25, 0.3) is 11.1 Å². The molecular weight excluding hydrogens is 809 g/mol. The average molecular weight is 845 g/mol. The Morgan fingerprint density at radius 2 is 0.864 bits per heavy atom. The number of aromatic nitrogens is 4. The summed E-state index contributed by atoms with van der Waals surface area (Å²) >= 11 is 0. The van der Waals surface area contributed by atoms with E-state index in [1.165, 1.54) is 0 Å².